The highest BCUT2D eigenvalue weighted by atomic mass is 32.2. The summed E-state index contributed by atoms with van der Waals surface area (Å²) in [6, 6.07) is -0.979. The van der Waals surface area contributed by atoms with E-state index < -0.39 is 30.1 Å². The number of methoxy groups -OCH3 is 1. The highest BCUT2D eigenvalue weighted by Crippen LogP contribution is 2.28. The van der Waals surface area contributed by atoms with E-state index in [1.807, 2.05) is 0 Å². The van der Waals surface area contributed by atoms with E-state index in [1.165, 1.54) is 18.9 Å². The van der Waals surface area contributed by atoms with Gasteiger partial charge in [0.1, 0.15) is 11.7 Å². The first-order valence-electron chi connectivity index (χ1n) is 6.57. The molecular formula is C14H20N2O5S. The van der Waals surface area contributed by atoms with Crippen molar-refractivity contribution in [1.82, 2.24) is 4.90 Å². The van der Waals surface area contributed by atoms with E-state index in [2.05, 4.69) is 11.3 Å². The Kier molecular flexibility index (Phi) is 6.63. The monoisotopic (exact) mass is 328 g/mol. The number of β-lactam (4-membered cyclic amide) rings is 1. The quantitative estimate of drug-likeness (QED) is 0.238. The Bertz CT molecular complexity index is 513. The summed E-state index contributed by atoms with van der Waals surface area (Å²) in [5.41, 5.74) is 6.28. The zero-order chi connectivity index (χ0) is 16.9. The number of allylic oxidation sites excluding steroid dienone is 1. The number of thioether (sulfide) groups is 1. The summed E-state index contributed by atoms with van der Waals surface area (Å²) in [6.07, 6.45) is 0.676. The van der Waals surface area contributed by atoms with Crippen LogP contribution in [0, 0.1) is 0 Å². The summed E-state index contributed by atoms with van der Waals surface area (Å²) in [5.74, 6) is -0.960. The summed E-state index contributed by atoms with van der Waals surface area (Å²) < 4.78 is 9.86. The molecule has 0 aromatic rings. The third kappa shape index (κ3) is 3.89. The number of ether oxygens (including phenoxy) is 2. The van der Waals surface area contributed by atoms with Crippen LogP contribution in [0.15, 0.2) is 23.9 Å². The van der Waals surface area contributed by atoms with Crippen molar-refractivity contribution in [2.24, 2.45) is 5.73 Å². The van der Waals surface area contributed by atoms with Gasteiger partial charge in [-0.25, -0.2) is 4.79 Å². The SMILES string of the molecule is C=CCSCC(=O)O[C@@H]1[C@H](N)C(=O)N1C(C(=O)OC)=C(C)C. The second kappa shape index (κ2) is 8.00. The molecule has 0 aromatic heterocycles. The van der Waals surface area contributed by atoms with Crippen LogP contribution in [0.5, 0.6) is 0 Å². The van der Waals surface area contributed by atoms with Gasteiger partial charge < -0.3 is 15.2 Å². The Balaban J connectivity index is 2.83. The largest absolute Gasteiger partial charge is 0.464 e. The molecule has 2 N–H and O–H groups in total. The van der Waals surface area contributed by atoms with Gasteiger partial charge in [-0.15, -0.1) is 18.3 Å². The molecule has 2 atom stereocenters. The van der Waals surface area contributed by atoms with Gasteiger partial charge in [0.2, 0.25) is 6.23 Å². The Labute approximate surface area is 133 Å². The number of esters is 2. The van der Waals surface area contributed by atoms with E-state index in [-0.39, 0.29) is 11.4 Å². The van der Waals surface area contributed by atoms with Crippen molar-refractivity contribution in [3.8, 4) is 0 Å². The number of hydrogen-bond acceptors (Lipinski definition) is 7. The molecule has 0 bridgehead atoms. The molecule has 1 heterocycles. The predicted octanol–water partition coefficient (Wildman–Crippen LogP) is 0.411. The second-order valence-corrected chi connectivity index (χ2v) is 5.79. The summed E-state index contributed by atoms with van der Waals surface area (Å²) >= 11 is 1.33. The van der Waals surface area contributed by atoms with Crippen molar-refractivity contribution in [3.05, 3.63) is 23.9 Å². The number of carbonyl (C=O) groups excluding carboxylic acids is 3. The van der Waals surface area contributed by atoms with Crippen LogP contribution in [0.25, 0.3) is 0 Å². The van der Waals surface area contributed by atoms with Crippen molar-refractivity contribution in [2.75, 3.05) is 18.6 Å². The van der Waals surface area contributed by atoms with Crippen LogP contribution in [0.4, 0.5) is 0 Å². The maximum absolute atomic E-state index is 11.9. The number of nitrogens with zero attached hydrogens (tertiary/aromatic N) is 1. The molecule has 8 heteroatoms. The molecular weight excluding hydrogens is 308 g/mol. The van der Waals surface area contributed by atoms with E-state index in [4.69, 9.17) is 10.5 Å². The minimum Gasteiger partial charge on any atom is -0.464 e. The van der Waals surface area contributed by atoms with E-state index in [1.54, 1.807) is 19.9 Å². The molecule has 1 aliphatic rings. The summed E-state index contributed by atoms with van der Waals surface area (Å²) in [6.45, 7) is 6.86. The molecule has 22 heavy (non-hydrogen) atoms. The van der Waals surface area contributed by atoms with Crippen molar-refractivity contribution in [2.45, 2.75) is 26.1 Å². The van der Waals surface area contributed by atoms with Crippen LogP contribution >= 0.6 is 11.8 Å². The Morgan fingerprint density at radius 1 is 1.45 bits per heavy atom. The van der Waals surface area contributed by atoms with E-state index in [0.29, 0.717) is 11.3 Å². The molecule has 0 unspecified atom stereocenters. The standard InChI is InChI=1S/C14H20N2O5S/c1-5-6-22-7-9(17)21-13-10(15)12(18)16(13)11(8(2)3)14(19)20-4/h5,10,13H,1,6-7,15H2,2-4H3/t10-,13-/m1/s1. The molecule has 122 valence electrons. The predicted molar refractivity (Wildman–Crippen MR) is 82.6 cm³/mol. The van der Waals surface area contributed by atoms with Gasteiger partial charge in [-0.05, 0) is 19.4 Å². The number of rotatable bonds is 7. The van der Waals surface area contributed by atoms with E-state index in [9.17, 15) is 14.4 Å². The fourth-order valence-electron chi connectivity index (χ4n) is 1.88. The van der Waals surface area contributed by atoms with Gasteiger partial charge in [0.25, 0.3) is 5.91 Å². The topological polar surface area (TPSA) is 98.9 Å². The van der Waals surface area contributed by atoms with Gasteiger partial charge in [0.05, 0.1) is 12.9 Å². The lowest BCUT2D eigenvalue weighted by atomic mass is 10.0. The maximum Gasteiger partial charge on any atom is 0.354 e. The van der Waals surface area contributed by atoms with Gasteiger partial charge in [0.15, 0.2) is 0 Å². The lowest BCUT2D eigenvalue weighted by molar-refractivity contribution is -0.184. The number of likely N-dealkylation sites (tertiary alicyclic amines) is 1. The fourth-order valence-corrected chi connectivity index (χ4v) is 2.40. The van der Waals surface area contributed by atoms with E-state index >= 15 is 0 Å². The first-order valence-corrected chi connectivity index (χ1v) is 7.73. The van der Waals surface area contributed by atoms with Crippen LogP contribution in [0.3, 0.4) is 0 Å². The Morgan fingerprint density at radius 3 is 2.59 bits per heavy atom. The highest BCUT2D eigenvalue weighted by Gasteiger charge is 2.51. The zero-order valence-corrected chi connectivity index (χ0v) is 13.6. The molecule has 1 amide bonds. The number of carbonyl (C=O) groups is 3. The van der Waals surface area contributed by atoms with Gasteiger partial charge in [-0.1, -0.05) is 6.08 Å². The van der Waals surface area contributed by atoms with Crippen molar-refractivity contribution in [1.29, 1.82) is 0 Å². The minimum atomic E-state index is -0.992. The van der Waals surface area contributed by atoms with Gasteiger partial charge in [0, 0.05) is 5.75 Å². The summed E-state index contributed by atoms with van der Waals surface area (Å²) in [7, 11) is 1.21. The third-order valence-electron chi connectivity index (χ3n) is 2.89. The van der Waals surface area contributed by atoms with Crippen LogP contribution in [-0.2, 0) is 23.9 Å². The lowest BCUT2D eigenvalue weighted by Gasteiger charge is -2.44. The molecule has 0 radical (unpaired) electrons. The third-order valence-corrected chi connectivity index (χ3v) is 3.80. The Morgan fingerprint density at radius 2 is 2.09 bits per heavy atom. The van der Waals surface area contributed by atoms with Crippen molar-refractivity contribution >= 4 is 29.6 Å². The number of amides is 1. The zero-order valence-electron chi connectivity index (χ0n) is 12.8. The Hall–Kier alpha value is -1.80. The van der Waals surface area contributed by atoms with Gasteiger partial charge in [-0.3, -0.25) is 14.5 Å². The first-order chi connectivity index (χ1) is 10.3. The maximum atomic E-state index is 11.9. The molecule has 0 aromatic carbocycles. The lowest BCUT2D eigenvalue weighted by Crippen LogP contribution is -2.70. The minimum absolute atomic E-state index is 0.0470. The van der Waals surface area contributed by atoms with Crippen LogP contribution in [0.2, 0.25) is 0 Å². The molecule has 1 fully saturated rings. The van der Waals surface area contributed by atoms with Gasteiger partial charge >= 0.3 is 11.9 Å². The van der Waals surface area contributed by atoms with Gasteiger partial charge in [-0.2, -0.15) is 0 Å². The van der Waals surface area contributed by atoms with Crippen molar-refractivity contribution < 1.29 is 23.9 Å². The summed E-state index contributed by atoms with van der Waals surface area (Å²) in [4.78, 5) is 36.6. The van der Waals surface area contributed by atoms with E-state index in [0.717, 1.165) is 4.90 Å². The smallest absolute Gasteiger partial charge is 0.354 e. The van der Waals surface area contributed by atoms with Crippen LogP contribution in [0.1, 0.15) is 13.8 Å². The average molecular weight is 328 g/mol. The number of hydrogen-bond donors (Lipinski definition) is 1. The molecule has 1 rings (SSSR count). The van der Waals surface area contributed by atoms with Crippen LogP contribution < -0.4 is 5.73 Å². The highest BCUT2D eigenvalue weighted by molar-refractivity contribution is 8.00. The molecule has 1 aliphatic heterocycles. The van der Waals surface area contributed by atoms with Crippen LogP contribution in [-0.4, -0.2) is 53.6 Å². The molecule has 0 aliphatic carbocycles. The van der Waals surface area contributed by atoms with Crippen molar-refractivity contribution in [3.63, 3.8) is 0 Å². The molecule has 0 spiro atoms. The second-order valence-electron chi connectivity index (χ2n) is 4.76. The molecule has 1 saturated heterocycles. The first kappa shape index (κ1) is 18.2. The average Bonchev–Trinajstić information content (AvgIpc) is 2.49. The molecule has 0 saturated carbocycles. The normalized spacial score (nSPS) is 20.0. The number of nitrogens with two attached hydrogens (primary N) is 1. The fraction of sp³-hybridized carbons (Fsp3) is 0.500. The summed E-state index contributed by atoms with van der Waals surface area (Å²) in [5, 5.41) is 0. The molecule has 7 nitrogen and oxygen atoms in total.